The third kappa shape index (κ3) is 4.37. The fraction of sp³-hybridized carbons (Fsp3) is 0.786. The molecular formula is C28H50N2+2. The Morgan fingerprint density at radius 2 is 0.933 bits per heavy atom. The van der Waals surface area contributed by atoms with Crippen molar-refractivity contribution in [2.24, 2.45) is 0 Å². The van der Waals surface area contributed by atoms with Gasteiger partial charge in [0.05, 0.1) is 37.3 Å². The topological polar surface area (TPSA) is 0 Å². The molecule has 0 saturated carbocycles. The molecule has 2 heterocycles. The molecular weight excluding hydrogens is 364 g/mol. The summed E-state index contributed by atoms with van der Waals surface area (Å²) < 4.78 is 2.50. The van der Waals surface area contributed by atoms with Crippen molar-refractivity contribution in [2.75, 3.05) is 26.2 Å². The van der Waals surface area contributed by atoms with Crippen molar-refractivity contribution in [1.82, 2.24) is 0 Å². The molecule has 1 aromatic rings. The lowest BCUT2D eigenvalue weighted by Crippen LogP contribution is -2.58. The summed E-state index contributed by atoms with van der Waals surface area (Å²) in [5, 5.41) is 0. The minimum atomic E-state index is 0.176. The first-order valence-corrected chi connectivity index (χ1v) is 12.5. The molecule has 0 aromatic heterocycles. The molecule has 1 aromatic carbocycles. The Morgan fingerprint density at radius 1 is 0.600 bits per heavy atom. The highest BCUT2D eigenvalue weighted by Gasteiger charge is 2.46. The second kappa shape index (κ2) is 7.93. The van der Waals surface area contributed by atoms with Crippen molar-refractivity contribution in [3.8, 4) is 0 Å². The van der Waals surface area contributed by atoms with E-state index in [0.29, 0.717) is 11.1 Å². The summed E-state index contributed by atoms with van der Waals surface area (Å²) in [6.07, 6.45) is 5.52. The largest absolute Gasteiger partial charge is 0.316 e. The number of hydrogen-bond acceptors (Lipinski definition) is 0. The van der Waals surface area contributed by atoms with Gasteiger partial charge in [0.15, 0.2) is 0 Å². The lowest BCUT2D eigenvalue weighted by atomic mass is 9.79. The average molecular weight is 415 g/mol. The first kappa shape index (κ1) is 23.8. The van der Waals surface area contributed by atoms with Gasteiger partial charge in [-0.05, 0) is 52.5 Å². The number of rotatable bonds is 4. The molecule has 3 rings (SSSR count). The van der Waals surface area contributed by atoms with E-state index in [1.807, 2.05) is 0 Å². The number of likely N-dealkylation sites (tertiary alicyclic amines) is 2. The van der Waals surface area contributed by atoms with E-state index in [1.54, 1.807) is 16.7 Å². The highest BCUT2D eigenvalue weighted by atomic mass is 15.4. The summed E-state index contributed by atoms with van der Waals surface area (Å²) in [4.78, 5) is 0. The molecule has 0 amide bonds. The molecule has 0 N–H and O–H groups in total. The Hall–Kier alpha value is -0.860. The zero-order valence-electron chi connectivity index (χ0n) is 21.7. The first-order chi connectivity index (χ1) is 13.7. The molecule has 30 heavy (non-hydrogen) atoms. The SMILES string of the molecule is CC(C)(C)c1c(C[N+]2(C(C)(C)C)CCCC2)cccc1C[N+]1(C(C)(C)C)CCCC1. The maximum absolute atomic E-state index is 2.46. The minimum absolute atomic E-state index is 0.176. The van der Waals surface area contributed by atoms with Crippen LogP contribution in [-0.2, 0) is 18.5 Å². The second-order valence-electron chi connectivity index (χ2n) is 13.5. The van der Waals surface area contributed by atoms with Crippen LogP contribution in [0.1, 0.15) is 105 Å². The van der Waals surface area contributed by atoms with Crippen LogP contribution in [0, 0.1) is 0 Å². The molecule has 2 nitrogen and oxygen atoms in total. The highest BCUT2D eigenvalue weighted by Crippen LogP contribution is 2.40. The van der Waals surface area contributed by atoms with Gasteiger partial charge in [-0.2, -0.15) is 0 Å². The average Bonchev–Trinajstić information content (AvgIpc) is 3.23. The smallest absolute Gasteiger partial charge is 0.105 e. The zero-order valence-corrected chi connectivity index (χ0v) is 21.7. The van der Waals surface area contributed by atoms with Gasteiger partial charge in [-0.1, -0.05) is 39.0 Å². The van der Waals surface area contributed by atoms with Crippen molar-refractivity contribution in [1.29, 1.82) is 0 Å². The molecule has 170 valence electrons. The molecule has 2 aliphatic rings. The molecule has 0 aliphatic carbocycles. The van der Waals surface area contributed by atoms with Gasteiger partial charge in [0.25, 0.3) is 0 Å². The van der Waals surface area contributed by atoms with Crippen molar-refractivity contribution in [3.05, 3.63) is 34.9 Å². The number of quaternary nitrogens is 2. The van der Waals surface area contributed by atoms with Crippen LogP contribution >= 0.6 is 0 Å². The molecule has 2 saturated heterocycles. The summed E-state index contributed by atoms with van der Waals surface area (Å²) in [5.41, 5.74) is 5.65. The Morgan fingerprint density at radius 3 is 1.20 bits per heavy atom. The van der Waals surface area contributed by atoms with Gasteiger partial charge in [0.2, 0.25) is 0 Å². The Labute approximate surface area is 187 Å². The monoisotopic (exact) mass is 414 g/mol. The normalized spacial score (nSPS) is 21.9. The van der Waals surface area contributed by atoms with Crippen LogP contribution in [0.25, 0.3) is 0 Å². The summed E-state index contributed by atoms with van der Waals surface area (Å²) in [5.74, 6) is 0. The van der Waals surface area contributed by atoms with Crippen molar-refractivity contribution in [2.45, 2.75) is 118 Å². The maximum atomic E-state index is 2.46. The van der Waals surface area contributed by atoms with Crippen molar-refractivity contribution >= 4 is 0 Å². The van der Waals surface area contributed by atoms with Gasteiger partial charge in [-0.3, -0.25) is 0 Å². The molecule has 2 fully saturated rings. The number of benzene rings is 1. The first-order valence-electron chi connectivity index (χ1n) is 12.5. The maximum Gasteiger partial charge on any atom is 0.105 e. The minimum Gasteiger partial charge on any atom is -0.316 e. The molecule has 2 aliphatic heterocycles. The van der Waals surface area contributed by atoms with E-state index in [9.17, 15) is 0 Å². The number of nitrogens with zero attached hydrogens (tertiary/aromatic N) is 2. The number of hydrogen-bond donors (Lipinski definition) is 0. The Kier molecular flexibility index (Phi) is 6.29. The second-order valence-corrected chi connectivity index (χ2v) is 13.5. The zero-order chi connectivity index (χ0) is 22.4. The van der Waals surface area contributed by atoms with Crippen LogP contribution in [0.3, 0.4) is 0 Å². The highest BCUT2D eigenvalue weighted by molar-refractivity contribution is 5.40. The predicted molar refractivity (Wildman–Crippen MR) is 131 cm³/mol. The van der Waals surface area contributed by atoms with Crippen molar-refractivity contribution < 1.29 is 8.97 Å². The molecule has 0 bridgehead atoms. The van der Waals surface area contributed by atoms with E-state index in [4.69, 9.17) is 0 Å². The van der Waals surface area contributed by atoms with E-state index in [0.717, 1.165) is 0 Å². The van der Waals surface area contributed by atoms with Gasteiger partial charge < -0.3 is 8.97 Å². The van der Waals surface area contributed by atoms with Gasteiger partial charge in [0, 0.05) is 36.8 Å². The predicted octanol–water partition coefficient (Wildman–Crippen LogP) is 6.80. The van der Waals surface area contributed by atoms with E-state index < -0.39 is 0 Å². The van der Waals surface area contributed by atoms with Crippen LogP contribution in [0.5, 0.6) is 0 Å². The molecule has 0 atom stereocenters. The molecule has 0 spiro atoms. The van der Waals surface area contributed by atoms with E-state index in [2.05, 4.69) is 80.5 Å². The Balaban J connectivity index is 2.07. The van der Waals surface area contributed by atoms with E-state index in [1.165, 1.54) is 73.9 Å². The van der Waals surface area contributed by atoms with Crippen molar-refractivity contribution in [3.63, 3.8) is 0 Å². The van der Waals surface area contributed by atoms with Gasteiger partial charge >= 0.3 is 0 Å². The Bertz CT molecular complexity index is 673. The van der Waals surface area contributed by atoms with Crippen LogP contribution in [0.15, 0.2) is 18.2 Å². The quantitative estimate of drug-likeness (QED) is 0.475. The summed E-state index contributed by atoms with van der Waals surface area (Å²) >= 11 is 0. The fourth-order valence-electron chi connectivity index (χ4n) is 6.55. The summed E-state index contributed by atoms with van der Waals surface area (Å²) in [7, 11) is 0. The van der Waals surface area contributed by atoms with Crippen LogP contribution in [0.2, 0.25) is 0 Å². The summed E-state index contributed by atoms with van der Waals surface area (Å²) in [6, 6.07) is 7.28. The summed E-state index contributed by atoms with van der Waals surface area (Å²) in [6.45, 7) is 29.8. The third-order valence-corrected chi connectivity index (χ3v) is 8.62. The third-order valence-electron chi connectivity index (χ3n) is 8.62. The van der Waals surface area contributed by atoms with Gasteiger partial charge in [-0.25, -0.2) is 0 Å². The standard InChI is InChI=1S/C28H50N2/c1-26(2,3)25-23(21-29(27(4,5)6)17-10-11-18-29)15-14-16-24(25)22-30(28(7,8)9)19-12-13-20-30/h14-16H,10-13,17-22H2,1-9H3/q+2. The van der Waals surface area contributed by atoms with Crippen LogP contribution in [0.4, 0.5) is 0 Å². The molecule has 0 unspecified atom stereocenters. The fourth-order valence-corrected chi connectivity index (χ4v) is 6.55. The lowest BCUT2D eigenvalue weighted by molar-refractivity contribution is -0.973. The van der Waals surface area contributed by atoms with Gasteiger partial charge in [0.1, 0.15) is 13.1 Å². The van der Waals surface area contributed by atoms with E-state index >= 15 is 0 Å². The van der Waals surface area contributed by atoms with E-state index in [-0.39, 0.29) is 5.41 Å². The lowest BCUT2D eigenvalue weighted by Gasteiger charge is -2.48. The van der Waals surface area contributed by atoms with Crippen LogP contribution in [-0.4, -0.2) is 46.2 Å². The molecule has 2 heteroatoms. The van der Waals surface area contributed by atoms with Crippen LogP contribution < -0.4 is 0 Å². The van der Waals surface area contributed by atoms with Gasteiger partial charge in [-0.15, -0.1) is 0 Å². The molecule has 0 radical (unpaired) electrons.